The fourth-order valence-corrected chi connectivity index (χ4v) is 1.76. The lowest BCUT2D eigenvalue weighted by Gasteiger charge is -2.15. The van der Waals surface area contributed by atoms with E-state index in [-0.39, 0.29) is 22.5 Å². The lowest BCUT2D eigenvalue weighted by atomic mass is 10.0. The quantitative estimate of drug-likeness (QED) is 0.594. The number of aromatic nitrogens is 1. The Morgan fingerprint density at radius 1 is 1.24 bits per heavy atom. The zero-order chi connectivity index (χ0) is 12.6. The van der Waals surface area contributed by atoms with Crippen LogP contribution in [0.15, 0.2) is 23.3 Å². The van der Waals surface area contributed by atoms with Crippen LogP contribution < -0.4 is 20.6 Å². The number of rotatable bonds is 2. The van der Waals surface area contributed by atoms with E-state index in [0.717, 1.165) is 4.73 Å². The van der Waals surface area contributed by atoms with Crippen molar-refractivity contribution >= 4 is 5.69 Å². The topological polar surface area (TPSA) is 86.7 Å². The first-order valence-electron chi connectivity index (χ1n) is 4.84. The number of hydrogen-bond acceptors (Lipinski definition) is 5. The van der Waals surface area contributed by atoms with Crippen LogP contribution in [0.25, 0.3) is 11.1 Å². The first kappa shape index (κ1) is 11.1. The van der Waals surface area contributed by atoms with Gasteiger partial charge in [-0.05, 0) is 6.07 Å². The second kappa shape index (κ2) is 3.89. The average molecular weight is 236 g/mol. The summed E-state index contributed by atoms with van der Waals surface area (Å²) in [6.07, 6.45) is 2.65. The summed E-state index contributed by atoms with van der Waals surface area (Å²) < 4.78 is 10.8. The van der Waals surface area contributed by atoms with Crippen LogP contribution in [0.1, 0.15) is 0 Å². The molecular weight excluding hydrogens is 224 g/mol. The molecule has 0 saturated heterocycles. The fraction of sp³-hybridized carbons (Fsp3) is 0.182. The minimum absolute atomic E-state index is 0.0312. The number of pyridine rings is 1. The van der Waals surface area contributed by atoms with Crippen molar-refractivity contribution in [2.75, 3.05) is 20.0 Å². The highest BCUT2D eigenvalue weighted by atomic mass is 16.5. The van der Waals surface area contributed by atoms with Crippen molar-refractivity contribution in [2.24, 2.45) is 0 Å². The maximum atomic E-state index is 12.1. The molecule has 2 aliphatic rings. The van der Waals surface area contributed by atoms with E-state index >= 15 is 0 Å². The largest absolute Gasteiger partial charge is 0.491 e. The van der Waals surface area contributed by atoms with Crippen LogP contribution in [-0.2, 0) is 0 Å². The molecule has 1 aliphatic heterocycles. The van der Waals surface area contributed by atoms with Crippen LogP contribution >= 0.6 is 0 Å². The van der Waals surface area contributed by atoms with Gasteiger partial charge in [0.1, 0.15) is 0 Å². The molecule has 17 heavy (non-hydrogen) atoms. The Morgan fingerprint density at radius 2 is 1.88 bits per heavy atom. The molecule has 1 aliphatic carbocycles. The first-order valence-corrected chi connectivity index (χ1v) is 4.84. The van der Waals surface area contributed by atoms with Gasteiger partial charge in [-0.15, -0.1) is 0 Å². The van der Waals surface area contributed by atoms with Crippen molar-refractivity contribution in [2.45, 2.75) is 0 Å². The Bertz CT molecular complexity index is 591. The maximum absolute atomic E-state index is 12.1. The normalized spacial score (nSPS) is 10.5. The lowest BCUT2D eigenvalue weighted by molar-refractivity contribution is 0.184. The summed E-state index contributed by atoms with van der Waals surface area (Å²) in [6.45, 7) is 0. The Kier molecular flexibility index (Phi) is 2.55. The van der Waals surface area contributed by atoms with Crippen molar-refractivity contribution in [1.82, 2.24) is 4.73 Å². The monoisotopic (exact) mass is 236 g/mol. The van der Waals surface area contributed by atoms with Crippen LogP contribution in [0.5, 0.6) is 11.5 Å². The molecule has 0 atom stereocenters. The van der Waals surface area contributed by atoms with Gasteiger partial charge in [-0.25, -0.2) is 4.73 Å². The molecule has 0 fully saturated rings. The Balaban J connectivity index is 2.94. The van der Waals surface area contributed by atoms with Gasteiger partial charge in [0.05, 0.1) is 31.7 Å². The average Bonchev–Trinajstić information content (AvgIpc) is 2.33. The molecule has 90 valence electrons. The van der Waals surface area contributed by atoms with Gasteiger partial charge in [-0.3, -0.25) is 4.79 Å². The highest BCUT2D eigenvalue weighted by Crippen LogP contribution is 2.38. The van der Waals surface area contributed by atoms with E-state index in [2.05, 4.69) is 0 Å². The smallest absolute Gasteiger partial charge is 0.233 e. The summed E-state index contributed by atoms with van der Waals surface area (Å²) in [5.74, 6) is 0.240. The molecule has 1 heterocycles. The number of fused-ring (bicyclic) bond motifs is 1. The molecule has 0 unspecified atom stereocenters. The van der Waals surface area contributed by atoms with Gasteiger partial charge in [-0.1, -0.05) is 0 Å². The van der Waals surface area contributed by atoms with Crippen molar-refractivity contribution in [3.8, 4) is 22.6 Å². The van der Waals surface area contributed by atoms with E-state index in [1.807, 2.05) is 0 Å². The SMILES string of the molecule is COc1c(N)c2ccn(O)cc-2c(=O)c1OC. The lowest BCUT2D eigenvalue weighted by Crippen LogP contribution is -2.15. The third kappa shape index (κ3) is 1.54. The van der Waals surface area contributed by atoms with Crippen LogP contribution in [-0.4, -0.2) is 24.2 Å². The summed E-state index contributed by atoms with van der Waals surface area (Å²) in [6, 6.07) is 1.54. The van der Waals surface area contributed by atoms with Crippen molar-refractivity contribution < 1.29 is 14.7 Å². The number of ether oxygens (including phenoxy) is 2. The van der Waals surface area contributed by atoms with Crippen molar-refractivity contribution in [1.29, 1.82) is 0 Å². The van der Waals surface area contributed by atoms with E-state index in [1.165, 1.54) is 32.7 Å². The molecule has 6 nitrogen and oxygen atoms in total. The molecule has 3 N–H and O–H groups in total. The van der Waals surface area contributed by atoms with E-state index in [4.69, 9.17) is 15.2 Å². The summed E-state index contributed by atoms with van der Waals surface area (Å²) in [7, 11) is 2.77. The van der Waals surface area contributed by atoms with E-state index in [9.17, 15) is 10.0 Å². The summed E-state index contributed by atoms with van der Waals surface area (Å²) in [5, 5.41) is 9.30. The van der Waals surface area contributed by atoms with Gasteiger partial charge >= 0.3 is 0 Å². The zero-order valence-corrected chi connectivity index (χ0v) is 9.43. The van der Waals surface area contributed by atoms with Gasteiger partial charge in [0.25, 0.3) is 0 Å². The fourth-order valence-electron chi connectivity index (χ4n) is 1.76. The summed E-state index contributed by atoms with van der Waals surface area (Å²) in [4.78, 5) is 12.1. The summed E-state index contributed by atoms with van der Waals surface area (Å²) >= 11 is 0. The third-order valence-corrected chi connectivity index (χ3v) is 2.55. The minimum Gasteiger partial charge on any atom is -0.491 e. The summed E-state index contributed by atoms with van der Waals surface area (Å²) in [5.41, 5.74) is 6.60. The second-order valence-electron chi connectivity index (χ2n) is 3.46. The Hall–Kier alpha value is -2.37. The van der Waals surface area contributed by atoms with Crippen LogP contribution in [0.3, 0.4) is 0 Å². The van der Waals surface area contributed by atoms with Crippen molar-refractivity contribution in [3.05, 3.63) is 28.7 Å². The van der Waals surface area contributed by atoms with Crippen LogP contribution in [0.4, 0.5) is 5.69 Å². The van der Waals surface area contributed by atoms with Gasteiger partial charge in [0.15, 0.2) is 5.75 Å². The van der Waals surface area contributed by atoms with Crippen LogP contribution in [0, 0.1) is 0 Å². The third-order valence-electron chi connectivity index (χ3n) is 2.55. The van der Waals surface area contributed by atoms with E-state index in [1.54, 1.807) is 0 Å². The molecule has 0 bridgehead atoms. The molecule has 0 aromatic rings. The molecule has 6 heteroatoms. The molecule has 0 aromatic carbocycles. The predicted octanol–water partition coefficient (Wildman–Crippen LogP) is 0.790. The zero-order valence-electron chi connectivity index (χ0n) is 9.43. The highest BCUT2D eigenvalue weighted by Gasteiger charge is 2.22. The minimum atomic E-state index is -0.378. The van der Waals surface area contributed by atoms with Gasteiger partial charge in [0, 0.05) is 11.8 Å². The number of nitrogens with two attached hydrogens (primary N) is 1. The molecule has 0 saturated carbocycles. The standard InChI is InChI=1S/C11H12N2O4/c1-16-10-8(12)6-3-4-13(15)5-7(6)9(14)11(10)17-2/h3-5,15H,12H2,1-2H3. The van der Waals surface area contributed by atoms with Gasteiger partial charge in [0.2, 0.25) is 11.2 Å². The molecular formula is C11H12N2O4. The molecule has 0 amide bonds. The second-order valence-corrected chi connectivity index (χ2v) is 3.46. The van der Waals surface area contributed by atoms with E-state index < -0.39 is 0 Å². The number of benzene rings is 1. The highest BCUT2D eigenvalue weighted by molar-refractivity contribution is 5.84. The van der Waals surface area contributed by atoms with Crippen LogP contribution in [0.2, 0.25) is 0 Å². The number of hydrogen-bond donors (Lipinski definition) is 2. The first-order chi connectivity index (χ1) is 8.10. The molecule has 0 aromatic heterocycles. The molecule has 0 spiro atoms. The molecule has 0 radical (unpaired) electrons. The van der Waals surface area contributed by atoms with Gasteiger partial charge < -0.3 is 20.4 Å². The Morgan fingerprint density at radius 3 is 2.47 bits per heavy atom. The number of nitrogen functional groups attached to an aromatic ring is 1. The maximum Gasteiger partial charge on any atom is 0.233 e. The van der Waals surface area contributed by atoms with E-state index in [0.29, 0.717) is 11.3 Å². The molecule has 2 rings (SSSR count). The number of nitrogens with zero attached hydrogens (tertiary/aromatic N) is 1. The van der Waals surface area contributed by atoms with Crippen molar-refractivity contribution in [3.63, 3.8) is 0 Å². The van der Waals surface area contributed by atoms with Gasteiger partial charge in [-0.2, -0.15) is 0 Å². The predicted molar refractivity (Wildman–Crippen MR) is 62.0 cm³/mol. The Labute approximate surface area is 97.1 Å². The number of anilines is 1. The number of methoxy groups -OCH3 is 2.